The zero-order valence-corrected chi connectivity index (χ0v) is 22.2. The molecule has 1 atom stereocenters. The molecular formula is C28H34N2O4S. The lowest BCUT2D eigenvalue weighted by atomic mass is 9.93. The molecule has 0 fully saturated rings. The second-order valence-corrected chi connectivity index (χ2v) is 10.9. The fraction of sp³-hybridized carbons (Fsp3) is 0.321. The molecule has 0 heterocycles. The number of hydrogen-bond acceptors (Lipinski definition) is 4. The molecule has 1 amide bonds. The van der Waals surface area contributed by atoms with Crippen LogP contribution in [0.15, 0.2) is 59.5 Å². The molecule has 3 aromatic carbocycles. The third-order valence-corrected chi connectivity index (χ3v) is 7.69. The van der Waals surface area contributed by atoms with Crippen LogP contribution >= 0.6 is 0 Å². The van der Waals surface area contributed by atoms with E-state index in [0.717, 1.165) is 28.0 Å². The monoisotopic (exact) mass is 494 g/mol. The molecule has 0 aliphatic heterocycles. The molecule has 35 heavy (non-hydrogen) atoms. The van der Waals surface area contributed by atoms with E-state index >= 15 is 0 Å². The smallest absolute Gasteiger partial charge is 0.262 e. The molecular weight excluding hydrogens is 460 g/mol. The molecule has 186 valence electrons. The first kappa shape index (κ1) is 26.3. The molecule has 0 radical (unpaired) electrons. The van der Waals surface area contributed by atoms with Crippen LogP contribution in [0.2, 0.25) is 0 Å². The van der Waals surface area contributed by atoms with Gasteiger partial charge in [-0.3, -0.25) is 9.52 Å². The van der Waals surface area contributed by atoms with Gasteiger partial charge in [-0.05, 0) is 91.8 Å². The molecule has 3 aromatic rings. The van der Waals surface area contributed by atoms with Crippen molar-refractivity contribution in [3.05, 3.63) is 88.0 Å². The topological polar surface area (TPSA) is 84.5 Å². The Hall–Kier alpha value is -3.32. The van der Waals surface area contributed by atoms with Crippen molar-refractivity contribution in [1.29, 1.82) is 0 Å². The normalized spacial score (nSPS) is 12.3. The third kappa shape index (κ3) is 5.85. The Bertz CT molecular complexity index is 1350. The summed E-state index contributed by atoms with van der Waals surface area (Å²) in [6, 6.07) is 15.7. The van der Waals surface area contributed by atoms with Crippen LogP contribution in [0.1, 0.15) is 70.9 Å². The van der Waals surface area contributed by atoms with Gasteiger partial charge in [-0.2, -0.15) is 0 Å². The van der Waals surface area contributed by atoms with Gasteiger partial charge in [0.25, 0.3) is 15.9 Å². The first-order valence-electron chi connectivity index (χ1n) is 11.6. The number of rotatable bonds is 8. The Balaban J connectivity index is 1.88. The van der Waals surface area contributed by atoms with E-state index in [0.29, 0.717) is 11.3 Å². The van der Waals surface area contributed by atoms with Crippen LogP contribution in [-0.2, 0) is 10.0 Å². The van der Waals surface area contributed by atoms with E-state index in [2.05, 4.69) is 30.0 Å². The fourth-order valence-electron chi connectivity index (χ4n) is 4.09. The number of carbonyl (C=O) groups excluding carboxylic acids is 1. The van der Waals surface area contributed by atoms with Crippen molar-refractivity contribution in [3.63, 3.8) is 0 Å². The van der Waals surface area contributed by atoms with Gasteiger partial charge < -0.3 is 10.1 Å². The van der Waals surface area contributed by atoms with E-state index < -0.39 is 10.0 Å². The Morgan fingerprint density at radius 3 is 2.17 bits per heavy atom. The van der Waals surface area contributed by atoms with Crippen molar-refractivity contribution in [2.45, 2.75) is 58.4 Å². The molecule has 0 aliphatic carbocycles. The summed E-state index contributed by atoms with van der Waals surface area (Å²) in [6.07, 6.45) is 0. The van der Waals surface area contributed by atoms with Crippen molar-refractivity contribution in [2.24, 2.45) is 0 Å². The number of benzene rings is 3. The Kier molecular flexibility index (Phi) is 7.90. The fourth-order valence-corrected chi connectivity index (χ4v) is 5.49. The van der Waals surface area contributed by atoms with E-state index in [1.807, 2.05) is 39.0 Å². The highest BCUT2D eigenvalue weighted by molar-refractivity contribution is 7.92. The highest BCUT2D eigenvalue weighted by Gasteiger charge is 2.22. The van der Waals surface area contributed by atoms with Gasteiger partial charge >= 0.3 is 0 Å². The zero-order chi connectivity index (χ0) is 25.9. The number of nitrogens with one attached hydrogen (secondary N) is 2. The number of carbonyl (C=O) groups is 1. The number of ether oxygens (including phenoxy) is 1. The molecule has 0 aliphatic rings. The molecule has 3 rings (SSSR count). The maximum Gasteiger partial charge on any atom is 0.262 e. The Morgan fingerprint density at radius 1 is 0.857 bits per heavy atom. The van der Waals surface area contributed by atoms with Gasteiger partial charge in [0.15, 0.2) is 0 Å². The average Bonchev–Trinajstić information content (AvgIpc) is 2.79. The lowest BCUT2D eigenvalue weighted by Crippen LogP contribution is -2.27. The quantitative estimate of drug-likeness (QED) is 0.400. The maximum atomic E-state index is 13.1. The van der Waals surface area contributed by atoms with Gasteiger partial charge in [0.1, 0.15) is 5.75 Å². The predicted molar refractivity (Wildman–Crippen MR) is 141 cm³/mol. The third-order valence-electron chi connectivity index (χ3n) is 6.18. The second kappa shape index (κ2) is 10.5. The molecule has 0 saturated heterocycles. The molecule has 6 nitrogen and oxygen atoms in total. The number of anilines is 1. The van der Waals surface area contributed by atoms with Crippen LogP contribution in [-0.4, -0.2) is 21.4 Å². The lowest BCUT2D eigenvalue weighted by molar-refractivity contribution is 0.0939. The number of sulfonamides is 1. The van der Waals surface area contributed by atoms with Crippen molar-refractivity contribution < 1.29 is 17.9 Å². The van der Waals surface area contributed by atoms with E-state index in [-0.39, 0.29) is 28.3 Å². The number of aryl methyl sites for hydroxylation is 3. The van der Waals surface area contributed by atoms with Crippen LogP contribution in [0, 0.1) is 20.8 Å². The van der Waals surface area contributed by atoms with Crippen molar-refractivity contribution in [3.8, 4) is 5.75 Å². The minimum Gasteiger partial charge on any atom is -0.496 e. The predicted octanol–water partition coefficient (Wildman–Crippen LogP) is 6.04. The summed E-state index contributed by atoms with van der Waals surface area (Å²) in [5.74, 6) is 0.748. The van der Waals surface area contributed by atoms with Crippen molar-refractivity contribution >= 4 is 21.6 Å². The standard InChI is InChI=1S/C28H34N2O4S/c1-17(2)23-16-24(20(5)14-26(23)34-7)21(6)29-28(31)22-13-12-19(4)27(15-22)35(32,33)30-25-11-9-8-10-18(25)3/h8-17,21,30H,1-7H3,(H,29,31)/t21-/m1/s1. The van der Waals surface area contributed by atoms with Gasteiger partial charge in [0, 0.05) is 5.56 Å². The van der Waals surface area contributed by atoms with Crippen molar-refractivity contribution in [2.75, 3.05) is 11.8 Å². The number of hydrogen-bond donors (Lipinski definition) is 2. The molecule has 7 heteroatoms. The van der Waals surface area contributed by atoms with Crippen molar-refractivity contribution in [1.82, 2.24) is 5.32 Å². The van der Waals surface area contributed by atoms with Crippen LogP contribution in [0.5, 0.6) is 5.75 Å². The molecule has 0 bridgehead atoms. The summed E-state index contributed by atoms with van der Waals surface area (Å²) in [6.45, 7) is 11.6. The second-order valence-electron chi connectivity index (χ2n) is 9.20. The van der Waals surface area contributed by atoms with Gasteiger partial charge in [0.2, 0.25) is 0 Å². The van der Waals surface area contributed by atoms with Gasteiger partial charge in [-0.1, -0.05) is 38.1 Å². The summed E-state index contributed by atoms with van der Waals surface area (Å²) in [4.78, 5) is 13.2. The van der Waals surface area contributed by atoms with Crippen LogP contribution in [0.25, 0.3) is 0 Å². The molecule has 0 aromatic heterocycles. The molecule has 2 N–H and O–H groups in total. The SMILES string of the molecule is COc1cc(C)c([C@@H](C)NC(=O)c2ccc(C)c(S(=O)(=O)Nc3ccccc3C)c2)cc1C(C)C. The summed E-state index contributed by atoms with van der Waals surface area (Å²) in [5.41, 5.74) is 5.22. The largest absolute Gasteiger partial charge is 0.496 e. The van der Waals surface area contributed by atoms with E-state index in [1.54, 1.807) is 38.3 Å². The highest BCUT2D eigenvalue weighted by atomic mass is 32.2. The highest BCUT2D eigenvalue weighted by Crippen LogP contribution is 2.32. The van der Waals surface area contributed by atoms with E-state index in [1.165, 1.54) is 6.07 Å². The molecule has 0 unspecified atom stereocenters. The lowest BCUT2D eigenvalue weighted by Gasteiger charge is -2.21. The van der Waals surface area contributed by atoms with Gasteiger partial charge in [-0.25, -0.2) is 8.42 Å². The summed E-state index contributed by atoms with van der Waals surface area (Å²) in [7, 11) is -2.22. The summed E-state index contributed by atoms with van der Waals surface area (Å²) in [5, 5.41) is 3.02. The number of para-hydroxylation sites is 1. The van der Waals surface area contributed by atoms with Gasteiger partial charge in [0.05, 0.1) is 23.7 Å². The first-order chi connectivity index (χ1) is 16.4. The molecule has 0 spiro atoms. The van der Waals surface area contributed by atoms with Crippen LogP contribution < -0.4 is 14.8 Å². The zero-order valence-electron chi connectivity index (χ0n) is 21.4. The Labute approximate surface area is 208 Å². The molecule has 0 saturated carbocycles. The summed E-state index contributed by atoms with van der Waals surface area (Å²) < 4.78 is 34.5. The minimum atomic E-state index is -3.88. The minimum absolute atomic E-state index is 0.0729. The maximum absolute atomic E-state index is 13.1. The number of amides is 1. The average molecular weight is 495 g/mol. The van der Waals surface area contributed by atoms with Gasteiger partial charge in [-0.15, -0.1) is 0 Å². The first-order valence-corrected chi connectivity index (χ1v) is 13.1. The van der Waals surface area contributed by atoms with Crippen LogP contribution in [0.4, 0.5) is 5.69 Å². The summed E-state index contributed by atoms with van der Waals surface area (Å²) >= 11 is 0. The van der Waals surface area contributed by atoms with E-state index in [4.69, 9.17) is 4.74 Å². The number of methoxy groups -OCH3 is 1. The Morgan fingerprint density at radius 2 is 1.54 bits per heavy atom. The van der Waals surface area contributed by atoms with E-state index in [9.17, 15) is 13.2 Å². The van der Waals surface area contributed by atoms with Crippen LogP contribution in [0.3, 0.4) is 0 Å².